The van der Waals surface area contributed by atoms with Crippen LogP contribution in [0, 0.1) is 6.92 Å². The van der Waals surface area contributed by atoms with Crippen LogP contribution in [0.2, 0.25) is 5.02 Å². The third-order valence-electron chi connectivity index (χ3n) is 4.08. The highest BCUT2D eigenvalue weighted by atomic mass is 35.5. The van der Waals surface area contributed by atoms with Crippen molar-refractivity contribution in [1.29, 1.82) is 0 Å². The Morgan fingerprint density at radius 2 is 1.89 bits per heavy atom. The molecule has 0 aliphatic rings. The number of amides is 2. The summed E-state index contributed by atoms with van der Waals surface area (Å²) in [6, 6.07) is 13.0. The highest BCUT2D eigenvalue weighted by Gasteiger charge is 2.16. The molecule has 0 saturated carbocycles. The summed E-state index contributed by atoms with van der Waals surface area (Å²) in [5, 5.41) is 6.16. The molecule has 6 heteroatoms. The van der Waals surface area contributed by atoms with Gasteiger partial charge in [-0.3, -0.25) is 9.59 Å². The molecule has 4 nitrogen and oxygen atoms in total. The summed E-state index contributed by atoms with van der Waals surface area (Å²) in [6.45, 7) is 5.79. The Labute approximate surface area is 170 Å². The minimum absolute atomic E-state index is 0.0150. The lowest BCUT2D eigenvalue weighted by molar-refractivity contribution is -0.116. The topological polar surface area (TPSA) is 58.2 Å². The molecule has 0 fully saturated rings. The van der Waals surface area contributed by atoms with E-state index in [0.29, 0.717) is 11.4 Å². The number of unbranched alkanes of at least 4 members (excludes halogenated alkanes) is 1. The Balaban J connectivity index is 1.97. The van der Waals surface area contributed by atoms with Gasteiger partial charge in [0.2, 0.25) is 11.8 Å². The third kappa shape index (κ3) is 6.60. The normalized spacial score (nSPS) is 11.7. The number of thioether (sulfide) groups is 1. The highest BCUT2D eigenvalue weighted by molar-refractivity contribution is 8.00. The molecule has 1 unspecified atom stereocenters. The van der Waals surface area contributed by atoms with Crippen LogP contribution in [0.5, 0.6) is 0 Å². The van der Waals surface area contributed by atoms with Gasteiger partial charge in [0.05, 0.1) is 5.25 Å². The summed E-state index contributed by atoms with van der Waals surface area (Å²) in [5.41, 5.74) is 2.32. The molecule has 0 aliphatic heterocycles. The average Bonchev–Trinajstić information content (AvgIpc) is 2.64. The average molecular weight is 405 g/mol. The summed E-state index contributed by atoms with van der Waals surface area (Å²) in [6.07, 6.45) is 2.38. The number of hydrogen-bond donors (Lipinski definition) is 2. The molecular weight excluding hydrogens is 380 g/mol. The van der Waals surface area contributed by atoms with Crippen molar-refractivity contribution in [2.24, 2.45) is 0 Å². The molecule has 2 N–H and O–H groups in total. The van der Waals surface area contributed by atoms with Crippen LogP contribution in [0.3, 0.4) is 0 Å². The van der Waals surface area contributed by atoms with Crippen LogP contribution in [-0.2, 0) is 9.59 Å². The molecule has 0 aliphatic carbocycles. The molecule has 144 valence electrons. The maximum absolute atomic E-state index is 12.5. The zero-order valence-electron chi connectivity index (χ0n) is 15.8. The zero-order chi connectivity index (χ0) is 19.8. The predicted molar refractivity (Wildman–Crippen MR) is 115 cm³/mol. The Morgan fingerprint density at radius 3 is 2.63 bits per heavy atom. The van der Waals surface area contributed by atoms with Gasteiger partial charge in [-0.1, -0.05) is 37.1 Å². The van der Waals surface area contributed by atoms with Crippen molar-refractivity contribution in [2.45, 2.75) is 50.2 Å². The van der Waals surface area contributed by atoms with Gasteiger partial charge < -0.3 is 10.6 Å². The van der Waals surface area contributed by atoms with Gasteiger partial charge in [-0.15, -0.1) is 11.8 Å². The third-order valence-corrected chi connectivity index (χ3v) is 5.59. The fourth-order valence-electron chi connectivity index (χ4n) is 2.44. The van der Waals surface area contributed by atoms with Gasteiger partial charge in [0.25, 0.3) is 0 Å². The molecule has 0 heterocycles. The lowest BCUT2D eigenvalue weighted by Gasteiger charge is -2.14. The van der Waals surface area contributed by atoms with Gasteiger partial charge in [-0.2, -0.15) is 0 Å². The summed E-state index contributed by atoms with van der Waals surface area (Å²) >= 11 is 7.55. The van der Waals surface area contributed by atoms with Crippen LogP contribution in [0.25, 0.3) is 0 Å². The van der Waals surface area contributed by atoms with Gasteiger partial charge in [0, 0.05) is 27.7 Å². The van der Waals surface area contributed by atoms with Gasteiger partial charge in [-0.05, 0) is 56.2 Å². The van der Waals surface area contributed by atoms with Crippen LogP contribution >= 0.6 is 23.4 Å². The largest absolute Gasteiger partial charge is 0.326 e. The van der Waals surface area contributed by atoms with E-state index in [2.05, 4.69) is 17.6 Å². The first-order valence-corrected chi connectivity index (χ1v) is 10.3. The van der Waals surface area contributed by atoms with Crippen molar-refractivity contribution in [3.05, 3.63) is 53.1 Å². The van der Waals surface area contributed by atoms with Crippen LogP contribution in [0.4, 0.5) is 11.4 Å². The van der Waals surface area contributed by atoms with Crippen molar-refractivity contribution in [3.63, 3.8) is 0 Å². The van der Waals surface area contributed by atoms with Gasteiger partial charge in [0.1, 0.15) is 0 Å². The summed E-state index contributed by atoms with van der Waals surface area (Å²) < 4.78 is 0. The molecule has 0 saturated heterocycles. The monoisotopic (exact) mass is 404 g/mol. The number of halogens is 1. The molecule has 0 spiro atoms. The van der Waals surface area contributed by atoms with Crippen molar-refractivity contribution >= 4 is 46.6 Å². The lowest BCUT2D eigenvalue weighted by atomic mass is 10.2. The Bertz CT molecular complexity index is 811. The predicted octanol–water partition coefficient (Wildman–Crippen LogP) is 5.90. The number of carbonyl (C=O) groups excluding carboxylic acids is 2. The van der Waals surface area contributed by atoms with E-state index in [1.807, 2.05) is 50.2 Å². The lowest BCUT2D eigenvalue weighted by Crippen LogP contribution is -2.22. The maximum Gasteiger partial charge on any atom is 0.237 e. The van der Waals surface area contributed by atoms with E-state index >= 15 is 0 Å². The molecule has 2 aromatic carbocycles. The Morgan fingerprint density at radius 1 is 1.15 bits per heavy atom. The van der Waals surface area contributed by atoms with Crippen LogP contribution in [0.1, 0.15) is 38.7 Å². The fourth-order valence-corrected chi connectivity index (χ4v) is 3.54. The quantitative estimate of drug-likeness (QED) is 0.538. The molecular formula is C21H25ClN2O2S. The summed E-state index contributed by atoms with van der Waals surface area (Å²) in [5.74, 6) is -0.0797. The maximum atomic E-state index is 12.5. The van der Waals surface area contributed by atoms with Crippen molar-refractivity contribution in [2.75, 3.05) is 10.6 Å². The van der Waals surface area contributed by atoms with E-state index in [1.165, 1.54) is 11.8 Å². The second kappa shape index (κ2) is 10.4. The van der Waals surface area contributed by atoms with Crippen LogP contribution in [0.15, 0.2) is 47.4 Å². The van der Waals surface area contributed by atoms with E-state index in [-0.39, 0.29) is 17.1 Å². The fraction of sp³-hybridized carbons (Fsp3) is 0.333. The van der Waals surface area contributed by atoms with E-state index in [9.17, 15) is 9.59 Å². The number of anilines is 2. The number of benzene rings is 2. The first kappa shape index (κ1) is 21.3. The van der Waals surface area contributed by atoms with Gasteiger partial charge in [-0.25, -0.2) is 0 Å². The molecule has 2 amide bonds. The molecule has 27 heavy (non-hydrogen) atoms. The number of carbonyl (C=O) groups is 2. The standard InChI is InChI=1S/C21H25ClN2O2S/c1-4-5-12-20(25)23-16-8-6-9-17(13-16)27-15(3)21(26)24-19-11-7-10-18(22)14(19)2/h6-11,13,15H,4-5,12H2,1-3H3,(H,23,25)(H,24,26). The van der Waals surface area contributed by atoms with Gasteiger partial charge in [0.15, 0.2) is 0 Å². The zero-order valence-corrected chi connectivity index (χ0v) is 17.4. The number of nitrogens with one attached hydrogen (secondary N) is 2. The minimum atomic E-state index is -0.297. The molecule has 2 aromatic rings. The summed E-state index contributed by atoms with van der Waals surface area (Å²) in [7, 11) is 0. The van der Waals surface area contributed by atoms with E-state index in [1.54, 1.807) is 6.07 Å². The van der Waals surface area contributed by atoms with Crippen molar-refractivity contribution in [3.8, 4) is 0 Å². The molecule has 0 radical (unpaired) electrons. The van der Waals surface area contributed by atoms with Gasteiger partial charge >= 0.3 is 0 Å². The first-order chi connectivity index (χ1) is 12.9. The van der Waals surface area contributed by atoms with E-state index in [0.717, 1.165) is 34.7 Å². The van der Waals surface area contributed by atoms with Crippen molar-refractivity contribution in [1.82, 2.24) is 0 Å². The highest BCUT2D eigenvalue weighted by Crippen LogP contribution is 2.28. The Hall–Kier alpha value is -1.98. The van der Waals surface area contributed by atoms with E-state index in [4.69, 9.17) is 11.6 Å². The SMILES string of the molecule is CCCCC(=O)Nc1cccc(SC(C)C(=O)Nc2cccc(Cl)c2C)c1. The first-order valence-electron chi connectivity index (χ1n) is 9.03. The van der Waals surface area contributed by atoms with Crippen molar-refractivity contribution < 1.29 is 9.59 Å². The molecule has 1 atom stereocenters. The van der Waals surface area contributed by atoms with Crippen LogP contribution in [-0.4, -0.2) is 17.1 Å². The minimum Gasteiger partial charge on any atom is -0.326 e. The number of rotatable bonds is 8. The smallest absolute Gasteiger partial charge is 0.237 e. The Kier molecular flexibility index (Phi) is 8.20. The number of hydrogen-bond acceptors (Lipinski definition) is 3. The summed E-state index contributed by atoms with van der Waals surface area (Å²) in [4.78, 5) is 25.3. The molecule has 0 aromatic heterocycles. The second-order valence-electron chi connectivity index (χ2n) is 6.34. The van der Waals surface area contributed by atoms with E-state index < -0.39 is 0 Å². The second-order valence-corrected chi connectivity index (χ2v) is 8.16. The molecule has 0 bridgehead atoms. The van der Waals surface area contributed by atoms with Crippen LogP contribution < -0.4 is 10.6 Å². The molecule has 2 rings (SSSR count).